The first-order valence-electron chi connectivity index (χ1n) is 12.4. The Morgan fingerprint density at radius 1 is 1.15 bits per heavy atom. The molecule has 2 heterocycles. The second-order valence-electron chi connectivity index (χ2n) is 10.6. The van der Waals surface area contributed by atoms with Crippen LogP contribution in [-0.4, -0.2) is 27.9 Å². The minimum Gasteiger partial charge on any atom is -0.457 e. The first-order chi connectivity index (χ1) is 16.0. The van der Waals surface area contributed by atoms with E-state index in [0.29, 0.717) is 12.8 Å². The van der Waals surface area contributed by atoms with Gasteiger partial charge in [-0.1, -0.05) is 45.4 Å². The van der Waals surface area contributed by atoms with Crippen LogP contribution in [0.15, 0.2) is 29.8 Å². The van der Waals surface area contributed by atoms with Crippen LogP contribution in [0.4, 0.5) is 0 Å². The minimum absolute atomic E-state index is 0.00345. The van der Waals surface area contributed by atoms with Gasteiger partial charge in [-0.3, -0.25) is 9.59 Å². The van der Waals surface area contributed by atoms with E-state index >= 15 is 0 Å². The molecule has 0 bridgehead atoms. The number of carbonyl (C=O) groups excluding carboxylic acids is 2. The zero-order chi connectivity index (χ0) is 25.0. The Bertz CT molecular complexity index is 1050. The van der Waals surface area contributed by atoms with Gasteiger partial charge in [0.25, 0.3) is 0 Å². The van der Waals surface area contributed by atoms with Crippen LogP contribution >= 0.6 is 11.3 Å². The molecule has 1 aromatic carbocycles. The Labute approximate surface area is 207 Å². The third-order valence-corrected chi connectivity index (χ3v) is 8.16. The number of rotatable bonds is 1. The predicted octanol–water partition coefficient (Wildman–Crippen LogP) is 6.72. The number of aromatic nitrogens is 1. The number of hydrogen-bond donors (Lipinski definition) is 1. The molecule has 34 heavy (non-hydrogen) atoms. The van der Waals surface area contributed by atoms with Gasteiger partial charge in [0.05, 0.1) is 21.3 Å². The fraction of sp³-hybridized carbons (Fsp3) is 0.607. The summed E-state index contributed by atoms with van der Waals surface area (Å²) in [6.45, 7) is 11.7. The van der Waals surface area contributed by atoms with Crippen molar-refractivity contribution in [3.8, 4) is 0 Å². The van der Waals surface area contributed by atoms with E-state index in [0.717, 1.165) is 40.1 Å². The summed E-state index contributed by atoms with van der Waals surface area (Å²) in [5, 5.41) is 11.8. The quantitative estimate of drug-likeness (QED) is 0.358. The van der Waals surface area contributed by atoms with Gasteiger partial charge in [-0.05, 0) is 63.1 Å². The average molecular weight is 486 g/mol. The van der Waals surface area contributed by atoms with Crippen molar-refractivity contribution >= 4 is 33.3 Å². The molecule has 0 fully saturated rings. The van der Waals surface area contributed by atoms with Crippen LogP contribution in [0, 0.1) is 24.2 Å². The number of aliphatic hydroxyl groups is 1. The van der Waals surface area contributed by atoms with Crippen LogP contribution in [0.25, 0.3) is 10.2 Å². The molecule has 4 atom stereocenters. The van der Waals surface area contributed by atoms with Gasteiger partial charge in [-0.25, -0.2) is 4.98 Å². The van der Waals surface area contributed by atoms with Crippen molar-refractivity contribution in [2.75, 3.05) is 0 Å². The first kappa shape index (κ1) is 26.6. The lowest BCUT2D eigenvalue weighted by Gasteiger charge is -2.31. The highest BCUT2D eigenvalue weighted by Crippen LogP contribution is 2.33. The molecular weight excluding hydrogens is 446 g/mol. The van der Waals surface area contributed by atoms with Crippen LogP contribution in [0.3, 0.4) is 0 Å². The summed E-state index contributed by atoms with van der Waals surface area (Å²) >= 11 is 1.65. The maximum absolute atomic E-state index is 13.2. The number of benzene rings is 1. The summed E-state index contributed by atoms with van der Waals surface area (Å²) in [5.41, 5.74) is 2.40. The second kappa shape index (κ2) is 11.1. The molecule has 2 unspecified atom stereocenters. The number of carbonyl (C=O) groups is 2. The van der Waals surface area contributed by atoms with E-state index in [1.807, 2.05) is 46.8 Å². The number of Topliss-reactive ketones (excluding diaryl/α,β-unsaturated/α-hetero) is 1. The van der Waals surface area contributed by atoms with E-state index < -0.39 is 17.4 Å². The first-order valence-corrected chi connectivity index (χ1v) is 13.2. The molecule has 0 spiro atoms. The fourth-order valence-electron chi connectivity index (χ4n) is 4.82. The standard InChI is InChI=1S/C28H39NO4S/c1-17-8-7-9-18(2)26(31)19(3)27(32)28(5,6)15-14-25(30)33-23(12-10-17)21-11-13-24-22(16-21)29-20(4)34-24/h10-11,13,16,18-19,23,26,31H,7-9,12,14-15H2,1-6H3/b17-10-/t18-,19+,23?,26?/m0/s1. The van der Waals surface area contributed by atoms with Crippen LogP contribution in [0.5, 0.6) is 0 Å². The number of aryl methyl sites for hydroxylation is 1. The van der Waals surface area contributed by atoms with Gasteiger partial charge in [0, 0.05) is 24.2 Å². The van der Waals surface area contributed by atoms with Crippen LogP contribution < -0.4 is 0 Å². The van der Waals surface area contributed by atoms with E-state index in [1.165, 1.54) is 5.57 Å². The molecule has 0 saturated heterocycles. The van der Waals surface area contributed by atoms with Crippen molar-refractivity contribution in [1.29, 1.82) is 0 Å². The lowest BCUT2D eigenvalue weighted by atomic mass is 9.74. The van der Waals surface area contributed by atoms with E-state index in [9.17, 15) is 14.7 Å². The number of hydrogen-bond acceptors (Lipinski definition) is 6. The summed E-state index contributed by atoms with van der Waals surface area (Å²) in [6.07, 6.45) is 4.97. The van der Waals surface area contributed by atoms with Crippen LogP contribution in [-0.2, 0) is 14.3 Å². The molecule has 6 heteroatoms. The van der Waals surface area contributed by atoms with Gasteiger partial charge in [-0.2, -0.15) is 0 Å². The Balaban J connectivity index is 1.87. The summed E-state index contributed by atoms with van der Waals surface area (Å²) in [4.78, 5) is 30.6. The minimum atomic E-state index is -0.709. The van der Waals surface area contributed by atoms with E-state index in [1.54, 1.807) is 11.3 Å². The van der Waals surface area contributed by atoms with Crippen molar-refractivity contribution < 1.29 is 19.4 Å². The molecule has 0 aliphatic carbocycles. The van der Waals surface area contributed by atoms with Crippen molar-refractivity contribution in [2.24, 2.45) is 17.3 Å². The molecule has 186 valence electrons. The van der Waals surface area contributed by atoms with Gasteiger partial charge in [-0.15, -0.1) is 11.3 Å². The number of esters is 1. The van der Waals surface area contributed by atoms with Crippen molar-refractivity contribution in [2.45, 2.75) is 92.3 Å². The van der Waals surface area contributed by atoms with Crippen molar-refractivity contribution in [3.63, 3.8) is 0 Å². The van der Waals surface area contributed by atoms with Gasteiger partial charge in [0.2, 0.25) is 0 Å². The third-order valence-electron chi connectivity index (χ3n) is 7.21. The fourth-order valence-corrected chi connectivity index (χ4v) is 5.62. The monoisotopic (exact) mass is 485 g/mol. The highest BCUT2D eigenvalue weighted by atomic mass is 32.1. The third kappa shape index (κ3) is 6.54. The molecule has 1 aliphatic heterocycles. The number of allylic oxidation sites excluding steroid dienone is 1. The normalized spacial score (nSPS) is 29.4. The van der Waals surface area contributed by atoms with E-state index in [2.05, 4.69) is 24.1 Å². The average Bonchev–Trinajstić information content (AvgIpc) is 3.17. The van der Waals surface area contributed by atoms with Crippen molar-refractivity contribution in [3.05, 3.63) is 40.4 Å². The molecule has 3 rings (SSSR count). The zero-order valence-corrected chi connectivity index (χ0v) is 22.2. The van der Waals surface area contributed by atoms with Gasteiger partial charge >= 0.3 is 5.97 Å². The number of fused-ring (bicyclic) bond motifs is 1. The second-order valence-corrected chi connectivity index (χ2v) is 11.9. The van der Waals surface area contributed by atoms with Gasteiger partial charge in [0.1, 0.15) is 11.9 Å². The largest absolute Gasteiger partial charge is 0.457 e. The zero-order valence-electron chi connectivity index (χ0n) is 21.4. The van der Waals surface area contributed by atoms with Crippen molar-refractivity contribution in [1.82, 2.24) is 4.98 Å². The predicted molar refractivity (Wildman–Crippen MR) is 138 cm³/mol. The molecule has 0 amide bonds. The molecule has 1 N–H and O–H groups in total. The summed E-state index contributed by atoms with van der Waals surface area (Å²) in [6, 6.07) is 6.10. The van der Waals surface area contributed by atoms with Crippen LogP contribution in [0.2, 0.25) is 0 Å². The maximum Gasteiger partial charge on any atom is 0.306 e. The number of ether oxygens (including phenoxy) is 1. The number of nitrogens with zero attached hydrogens (tertiary/aromatic N) is 1. The Morgan fingerprint density at radius 3 is 2.62 bits per heavy atom. The summed E-state index contributed by atoms with van der Waals surface area (Å²) in [7, 11) is 0. The summed E-state index contributed by atoms with van der Waals surface area (Å²) in [5.74, 6) is -0.725. The summed E-state index contributed by atoms with van der Waals surface area (Å²) < 4.78 is 7.09. The SMILES string of the molecule is C/C1=C/CC(c2ccc3sc(C)nc3c2)OC(=O)CCC(C)(C)C(=O)[C@H](C)C(O)[C@@H](C)CCC1. The van der Waals surface area contributed by atoms with Gasteiger partial charge in [0.15, 0.2) is 0 Å². The highest BCUT2D eigenvalue weighted by Gasteiger charge is 2.37. The Morgan fingerprint density at radius 2 is 1.88 bits per heavy atom. The highest BCUT2D eigenvalue weighted by molar-refractivity contribution is 7.18. The number of cyclic esters (lactones) is 1. The number of aliphatic hydroxyl groups excluding tert-OH is 1. The molecule has 0 radical (unpaired) electrons. The Kier molecular flexibility index (Phi) is 8.69. The Hall–Kier alpha value is -2.05. The smallest absolute Gasteiger partial charge is 0.306 e. The molecule has 1 aromatic heterocycles. The molecule has 2 aromatic rings. The molecule has 1 aliphatic rings. The molecule has 0 saturated carbocycles. The number of thiazole rings is 1. The topological polar surface area (TPSA) is 76.5 Å². The molecule has 5 nitrogen and oxygen atoms in total. The lowest BCUT2D eigenvalue weighted by Crippen LogP contribution is -2.39. The number of ketones is 1. The van der Waals surface area contributed by atoms with E-state index in [-0.39, 0.29) is 30.2 Å². The lowest BCUT2D eigenvalue weighted by molar-refractivity contribution is -0.150. The van der Waals surface area contributed by atoms with Crippen LogP contribution in [0.1, 0.15) is 89.8 Å². The maximum atomic E-state index is 13.2. The van der Waals surface area contributed by atoms with E-state index in [4.69, 9.17) is 4.74 Å². The van der Waals surface area contributed by atoms with Gasteiger partial charge < -0.3 is 9.84 Å². The molecular formula is C28H39NO4S.